The van der Waals surface area contributed by atoms with Gasteiger partial charge in [0.1, 0.15) is 11.5 Å². The maximum Gasteiger partial charge on any atom is 0.180 e. The monoisotopic (exact) mass is 240 g/mol. The van der Waals surface area contributed by atoms with Crippen molar-refractivity contribution in [2.75, 3.05) is 11.5 Å². The second kappa shape index (κ2) is 4.50. The molecule has 0 saturated heterocycles. The first-order valence-corrected chi connectivity index (χ1v) is 7.14. The molecule has 1 N–H and O–H groups in total. The van der Waals surface area contributed by atoms with E-state index in [9.17, 15) is 0 Å². The van der Waals surface area contributed by atoms with Gasteiger partial charge in [-0.3, -0.25) is 0 Å². The molecule has 15 heavy (non-hydrogen) atoms. The predicted molar refractivity (Wildman–Crippen MR) is 70.0 cm³/mol. The Morgan fingerprint density at radius 3 is 2.67 bits per heavy atom. The molecule has 0 fully saturated rings. The molecule has 0 bridgehead atoms. The van der Waals surface area contributed by atoms with Gasteiger partial charge in [-0.1, -0.05) is 11.6 Å². The van der Waals surface area contributed by atoms with Crippen LogP contribution in [0.4, 0.5) is 0 Å². The molecule has 1 nitrogen and oxygen atoms in total. The fourth-order valence-electron chi connectivity index (χ4n) is 1.83. The highest BCUT2D eigenvalue weighted by molar-refractivity contribution is 7.97. The first kappa shape index (κ1) is 10.9. The van der Waals surface area contributed by atoms with Crippen LogP contribution in [0.25, 0.3) is 10.9 Å². The predicted octanol–water partition coefficient (Wildman–Crippen LogP) is 3.84. The zero-order valence-electron chi connectivity index (χ0n) is 9.01. The topological polar surface area (TPSA) is 15.8 Å². The molecule has 0 radical (unpaired) electrons. The third kappa shape index (κ3) is 2.01. The van der Waals surface area contributed by atoms with Crippen molar-refractivity contribution in [2.45, 2.75) is 18.7 Å². The first-order valence-electron chi connectivity index (χ1n) is 5.20. The van der Waals surface area contributed by atoms with Crippen LogP contribution < -0.4 is 0 Å². The van der Waals surface area contributed by atoms with Crippen molar-refractivity contribution in [3.8, 4) is 0 Å². The highest BCUT2D eigenvalue weighted by atomic mass is 35.5. The Morgan fingerprint density at radius 1 is 1.27 bits per heavy atom. The fourth-order valence-corrected chi connectivity index (χ4v) is 3.74. The van der Waals surface area contributed by atoms with Gasteiger partial charge in [0.05, 0.1) is 17.1 Å². The molecule has 0 aliphatic carbocycles. The van der Waals surface area contributed by atoms with Gasteiger partial charge < -0.3 is 4.98 Å². The van der Waals surface area contributed by atoms with E-state index in [0.29, 0.717) is 10.9 Å². The summed E-state index contributed by atoms with van der Waals surface area (Å²) in [6.45, 7) is 4.50. The van der Waals surface area contributed by atoms with Crippen LogP contribution in [0, 0.1) is 0 Å². The minimum Gasteiger partial charge on any atom is -0.357 e. The van der Waals surface area contributed by atoms with E-state index in [1.54, 1.807) is 0 Å². The second-order valence-electron chi connectivity index (χ2n) is 3.41. The lowest BCUT2D eigenvalue weighted by Gasteiger charge is -2.00. The molecule has 2 aromatic rings. The number of hydrogen-bond donors (Lipinski definition) is 1. The van der Waals surface area contributed by atoms with Crippen molar-refractivity contribution in [2.24, 2.45) is 0 Å². The van der Waals surface area contributed by atoms with Crippen molar-refractivity contribution in [1.29, 1.82) is 0 Å². The third-order valence-electron chi connectivity index (χ3n) is 2.61. The Kier molecular flexibility index (Phi) is 3.27. The molecule has 1 aromatic carbocycles. The van der Waals surface area contributed by atoms with E-state index >= 15 is 0 Å². The number of aromatic amines is 1. The van der Waals surface area contributed by atoms with Gasteiger partial charge in [-0.05, 0) is 32.0 Å². The molecule has 0 amide bonds. The number of nitrogens with one attached hydrogen (secondary N) is 1. The molecular weight excluding hydrogens is 226 g/mol. The van der Waals surface area contributed by atoms with Gasteiger partial charge in [-0.2, -0.15) is 0 Å². The fraction of sp³-hybridized carbons (Fsp3) is 0.333. The maximum absolute atomic E-state index is 5.96. The number of benzene rings is 1. The van der Waals surface area contributed by atoms with E-state index in [1.165, 1.54) is 21.8 Å². The average molecular weight is 241 g/mol. The molecule has 0 aliphatic heterocycles. The van der Waals surface area contributed by atoms with E-state index in [0.717, 1.165) is 10.5 Å². The summed E-state index contributed by atoms with van der Waals surface area (Å²) in [6, 6.07) is 6.08. The average Bonchev–Trinajstić information content (AvgIpc) is 2.63. The van der Waals surface area contributed by atoms with E-state index in [4.69, 9.17) is 11.6 Å². The summed E-state index contributed by atoms with van der Waals surface area (Å²) in [4.78, 5) is 4.75. The van der Waals surface area contributed by atoms with Crippen LogP contribution in [0.3, 0.4) is 0 Å². The van der Waals surface area contributed by atoms with Gasteiger partial charge in [0.2, 0.25) is 0 Å². The number of hydrogen-bond acceptors (Lipinski definition) is 0. The molecule has 3 heteroatoms. The molecule has 0 spiro atoms. The van der Waals surface area contributed by atoms with Gasteiger partial charge in [0, 0.05) is 15.9 Å². The molecule has 0 atom stereocenters. The molecular formula is C12H15ClNS+. The zero-order valence-corrected chi connectivity index (χ0v) is 10.6. The summed E-state index contributed by atoms with van der Waals surface area (Å²) < 4.78 is 0. The lowest BCUT2D eigenvalue weighted by atomic mass is 10.2. The number of H-pyrrole nitrogens is 1. The van der Waals surface area contributed by atoms with E-state index in [1.807, 2.05) is 12.1 Å². The van der Waals surface area contributed by atoms with Gasteiger partial charge in [0.15, 0.2) is 4.90 Å². The van der Waals surface area contributed by atoms with E-state index in [2.05, 4.69) is 31.1 Å². The highest BCUT2D eigenvalue weighted by Gasteiger charge is 2.21. The van der Waals surface area contributed by atoms with Gasteiger partial charge in [-0.15, -0.1) is 0 Å². The second-order valence-corrected chi connectivity index (χ2v) is 6.43. The molecule has 80 valence electrons. The third-order valence-corrected chi connectivity index (χ3v) is 5.20. The summed E-state index contributed by atoms with van der Waals surface area (Å²) in [6.07, 6.45) is 2.14. The summed E-state index contributed by atoms with van der Waals surface area (Å²) in [5.74, 6) is 2.43. The molecule has 0 unspecified atom stereocenters. The minimum absolute atomic E-state index is 0.374. The van der Waals surface area contributed by atoms with Crippen molar-refractivity contribution in [1.82, 2.24) is 4.98 Å². The summed E-state index contributed by atoms with van der Waals surface area (Å²) in [5.41, 5.74) is 1.15. The van der Waals surface area contributed by atoms with Crippen LogP contribution >= 0.6 is 11.6 Å². The first-order chi connectivity index (χ1) is 7.26. The number of rotatable bonds is 3. The van der Waals surface area contributed by atoms with Crippen LogP contribution in [0.5, 0.6) is 0 Å². The normalized spacial score (nSPS) is 11.5. The van der Waals surface area contributed by atoms with Crippen molar-refractivity contribution in [3.63, 3.8) is 0 Å². The van der Waals surface area contributed by atoms with Gasteiger partial charge in [-0.25, -0.2) is 0 Å². The lowest BCUT2D eigenvalue weighted by Crippen LogP contribution is -2.07. The smallest absolute Gasteiger partial charge is 0.180 e. The summed E-state index contributed by atoms with van der Waals surface area (Å²) in [7, 11) is 0.374. The largest absolute Gasteiger partial charge is 0.357 e. The van der Waals surface area contributed by atoms with Crippen molar-refractivity contribution >= 4 is 33.4 Å². The van der Waals surface area contributed by atoms with Crippen LogP contribution in [-0.4, -0.2) is 16.5 Å². The van der Waals surface area contributed by atoms with Crippen molar-refractivity contribution < 1.29 is 0 Å². The van der Waals surface area contributed by atoms with E-state index < -0.39 is 0 Å². The van der Waals surface area contributed by atoms with Gasteiger partial charge >= 0.3 is 0 Å². The SMILES string of the molecule is CC[S+](CC)c1c[nH]c2cc(Cl)ccc12. The molecule has 1 aromatic heterocycles. The van der Waals surface area contributed by atoms with Crippen LogP contribution in [0.15, 0.2) is 29.3 Å². The van der Waals surface area contributed by atoms with Crippen molar-refractivity contribution in [3.05, 3.63) is 29.4 Å². The molecule has 0 saturated carbocycles. The number of fused-ring (bicyclic) bond motifs is 1. The lowest BCUT2D eigenvalue weighted by molar-refractivity contribution is 1.35. The Hall–Kier alpha value is -0.600. The number of halogens is 1. The Balaban J connectivity index is 2.53. The Bertz CT molecular complexity index is 460. The maximum atomic E-state index is 5.96. The molecule has 0 aliphatic rings. The molecule has 2 rings (SSSR count). The summed E-state index contributed by atoms with van der Waals surface area (Å²) in [5, 5.41) is 2.12. The van der Waals surface area contributed by atoms with Crippen LogP contribution in [-0.2, 0) is 10.9 Å². The highest BCUT2D eigenvalue weighted by Crippen LogP contribution is 2.27. The van der Waals surface area contributed by atoms with Gasteiger partial charge in [0.25, 0.3) is 0 Å². The van der Waals surface area contributed by atoms with Crippen LogP contribution in [0.2, 0.25) is 5.02 Å². The zero-order chi connectivity index (χ0) is 10.8. The molecule has 1 heterocycles. The minimum atomic E-state index is 0.374. The quantitative estimate of drug-likeness (QED) is 0.785. The number of aromatic nitrogens is 1. The Labute approximate surface area is 98.2 Å². The van der Waals surface area contributed by atoms with Crippen LogP contribution in [0.1, 0.15) is 13.8 Å². The Morgan fingerprint density at radius 2 is 2.00 bits per heavy atom. The van der Waals surface area contributed by atoms with E-state index in [-0.39, 0.29) is 0 Å². The summed E-state index contributed by atoms with van der Waals surface area (Å²) >= 11 is 5.96. The standard InChI is InChI=1S/C12H15ClNS/c1-3-15(4-2)12-8-14-11-7-9(13)5-6-10(11)12/h5-8,14H,3-4H2,1-2H3/q+1.